The number of carbonyl (C=O) groups excluding carboxylic acids is 2. The summed E-state index contributed by atoms with van der Waals surface area (Å²) in [6.07, 6.45) is -1.03. The van der Waals surface area contributed by atoms with Gasteiger partial charge in [0.1, 0.15) is 17.1 Å². The quantitative estimate of drug-likeness (QED) is 0.774. The van der Waals surface area contributed by atoms with Gasteiger partial charge in [-0.25, -0.2) is 4.79 Å². The SMILES string of the molecule is COc1ccc(C)cc1NC(=O)[C@@H](C)OC(=O)c1cc(Cl)ccc1OC. The Morgan fingerprint density at radius 3 is 2.35 bits per heavy atom. The van der Waals surface area contributed by atoms with Crippen LogP contribution < -0.4 is 14.8 Å². The first-order chi connectivity index (χ1) is 12.3. The Balaban J connectivity index is 2.11. The Hall–Kier alpha value is -2.73. The minimum Gasteiger partial charge on any atom is -0.496 e. The van der Waals surface area contributed by atoms with Gasteiger partial charge in [0.05, 0.1) is 19.9 Å². The second-order valence-corrected chi connectivity index (χ2v) is 6.02. The Labute approximate surface area is 157 Å². The predicted molar refractivity (Wildman–Crippen MR) is 99.2 cm³/mol. The molecule has 138 valence electrons. The lowest BCUT2D eigenvalue weighted by Crippen LogP contribution is -2.30. The van der Waals surface area contributed by atoms with E-state index in [0.717, 1.165) is 5.56 Å². The first kappa shape index (κ1) is 19.6. The summed E-state index contributed by atoms with van der Waals surface area (Å²) in [6.45, 7) is 3.37. The zero-order valence-corrected chi connectivity index (χ0v) is 15.7. The molecule has 0 saturated heterocycles. The molecule has 0 aliphatic rings. The zero-order chi connectivity index (χ0) is 19.3. The number of aryl methyl sites for hydroxylation is 1. The maximum atomic E-state index is 12.4. The molecule has 0 bridgehead atoms. The van der Waals surface area contributed by atoms with Crippen molar-refractivity contribution in [3.63, 3.8) is 0 Å². The number of hydrogen-bond donors (Lipinski definition) is 1. The topological polar surface area (TPSA) is 73.9 Å². The van der Waals surface area contributed by atoms with Crippen LogP contribution in [-0.4, -0.2) is 32.2 Å². The van der Waals surface area contributed by atoms with Crippen molar-refractivity contribution < 1.29 is 23.8 Å². The standard InChI is InChI=1S/C19H20ClNO5/c1-11-5-7-17(25-4)15(9-11)21-18(22)12(2)26-19(23)14-10-13(20)6-8-16(14)24-3/h5-10,12H,1-4H3,(H,21,22)/t12-/m1/s1. The van der Waals surface area contributed by atoms with Crippen LogP contribution in [-0.2, 0) is 9.53 Å². The Morgan fingerprint density at radius 2 is 1.69 bits per heavy atom. The summed E-state index contributed by atoms with van der Waals surface area (Å²) in [6, 6.07) is 9.96. The number of hydrogen-bond acceptors (Lipinski definition) is 5. The normalized spacial score (nSPS) is 11.4. The van der Waals surface area contributed by atoms with Crippen molar-refractivity contribution in [1.82, 2.24) is 0 Å². The van der Waals surface area contributed by atoms with Gasteiger partial charge in [-0.1, -0.05) is 17.7 Å². The number of ether oxygens (including phenoxy) is 3. The van der Waals surface area contributed by atoms with Crippen molar-refractivity contribution in [2.75, 3.05) is 19.5 Å². The van der Waals surface area contributed by atoms with E-state index in [1.165, 1.54) is 27.2 Å². The molecule has 1 atom stereocenters. The number of nitrogens with one attached hydrogen (secondary N) is 1. The summed E-state index contributed by atoms with van der Waals surface area (Å²) in [4.78, 5) is 24.7. The molecule has 0 aliphatic carbocycles. The van der Waals surface area contributed by atoms with E-state index in [2.05, 4.69) is 5.32 Å². The molecule has 0 radical (unpaired) electrons. The number of amides is 1. The molecule has 0 fully saturated rings. The monoisotopic (exact) mass is 377 g/mol. The molecule has 0 saturated carbocycles. The fourth-order valence-electron chi connectivity index (χ4n) is 2.27. The molecular formula is C19H20ClNO5. The number of halogens is 1. The Kier molecular flexibility index (Phi) is 6.46. The van der Waals surface area contributed by atoms with E-state index in [0.29, 0.717) is 22.2 Å². The van der Waals surface area contributed by atoms with E-state index in [1.54, 1.807) is 24.3 Å². The van der Waals surface area contributed by atoms with Gasteiger partial charge in [-0.2, -0.15) is 0 Å². The fourth-order valence-corrected chi connectivity index (χ4v) is 2.44. The highest BCUT2D eigenvalue weighted by atomic mass is 35.5. The van der Waals surface area contributed by atoms with Crippen molar-refractivity contribution in [3.05, 3.63) is 52.5 Å². The predicted octanol–water partition coefficient (Wildman–Crippen LogP) is 3.85. The second-order valence-electron chi connectivity index (χ2n) is 5.59. The maximum Gasteiger partial charge on any atom is 0.342 e. The minimum atomic E-state index is -1.03. The summed E-state index contributed by atoms with van der Waals surface area (Å²) in [5.41, 5.74) is 1.60. The summed E-state index contributed by atoms with van der Waals surface area (Å²) in [7, 11) is 2.94. The third-order valence-corrected chi connectivity index (χ3v) is 3.88. The van der Waals surface area contributed by atoms with Crippen LogP contribution in [0.1, 0.15) is 22.8 Å². The number of methoxy groups -OCH3 is 2. The van der Waals surface area contributed by atoms with Crippen LogP contribution in [0.25, 0.3) is 0 Å². The van der Waals surface area contributed by atoms with E-state index in [9.17, 15) is 9.59 Å². The van der Waals surface area contributed by atoms with Crippen molar-refractivity contribution in [2.24, 2.45) is 0 Å². The minimum absolute atomic E-state index is 0.146. The molecule has 1 amide bonds. The highest BCUT2D eigenvalue weighted by Crippen LogP contribution is 2.26. The summed E-state index contributed by atoms with van der Waals surface area (Å²) < 4.78 is 15.6. The lowest BCUT2D eigenvalue weighted by atomic mass is 10.2. The van der Waals surface area contributed by atoms with Crippen molar-refractivity contribution in [2.45, 2.75) is 20.0 Å². The third-order valence-electron chi connectivity index (χ3n) is 3.65. The van der Waals surface area contributed by atoms with Crippen molar-refractivity contribution >= 4 is 29.2 Å². The molecule has 7 heteroatoms. The molecule has 2 aromatic rings. The van der Waals surface area contributed by atoms with E-state index in [-0.39, 0.29) is 5.56 Å². The molecule has 1 N–H and O–H groups in total. The van der Waals surface area contributed by atoms with Gasteiger partial charge in [0.2, 0.25) is 0 Å². The lowest BCUT2D eigenvalue weighted by Gasteiger charge is -2.16. The summed E-state index contributed by atoms with van der Waals surface area (Å²) in [5.74, 6) is -0.363. The maximum absolute atomic E-state index is 12.4. The van der Waals surface area contributed by atoms with E-state index in [1.807, 2.05) is 13.0 Å². The average molecular weight is 378 g/mol. The van der Waals surface area contributed by atoms with Crippen LogP contribution in [0, 0.1) is 6.92 Å². The largest absolute Gasteiger partial charge is 0.496 e. The average Bonchev–Trinajstić information content (AvgIpc) is 2.61. The molecule has 0 heterocycles. The van der Waals surface area contributed by atoms with Crippen LogP contribution in [0.3, 0.4) is 0 Å². The smallest absolute Gasteiger partial charge is 0.342 e. The first-order valence-corrected chi connectivity index (χ1v) is 8.23. The van der Waals surface area contributed by atoms with Gasteiger partial charge in [-0.05, 0) is 49.7 Å². The van der Waals surface area contributed by atoms with Crippen molar-refractivity contribution in [3.8, 4) is 11.5 Å². The summed E-state index contributed by atoms with van der Waals surface area (Å²) >= 11 is 5.92. The Morgan fingerprint density at radius 1 is 1.04 bits per heavy atom. The Bertz CT molecular complexity index is 822. The van der Waals surface area contributed by atoms with Crippen LogP contribution in [0.4, 0.5) is 5.69 Å². The molecule has 2 rings (SSSR count). The molecular weight excluding hydrogens is 358 g/mol. The molecule has 2 aromatic carbocycles. The van der Waals surface area contributed by atoms with Gasteiger partial charge < -0.3 is 19.5 Å². The third kappa shape index (κ3) is 4.67. The van der Waals surface area contributed by atoms with Crippen LogP contribution in [0.5, 0.6) is 11.5 Å². The number of carbonyl (C=O) groups is 2. The number of esters is 1. The lowest BCUT2D eigenvalue weighted by molar-refractivity contribution is -0.123. The molecule has 26 heavy (non-hydrogen) atoms. The zero-order valence-electron chi connectivity index (χ0n) is 15.0. The highest BCUT2D eigenvalue weighted by molar-refractivity contribution is 6.31. The van der Waals surface area contributed by atoms with Gasteiger partial charge in [0, 0.05) is 5.02 Å². The van der Waals surface area contributed by atoms with Crippen LogP contribution in [0.2, 0.25) is 5.02 Å². The number of rotatable bonds is 6. The first-order valence-electron chi connectivity index (χ1n) is 7.85. The van der Waals surface area contributed by atoms with Crippen LogP contribution in [0.15, 0.2) is 36.4 Å². The molecule has 6 nitrogen and oxygen atoms in total. The van der Waals surface area contributed by atoms with Gasteiger partial charge in [-0.15, -0.1) is 0 Å². The van der Waals surface area contributed by atoms with Crippen LogP contribution >= 0.6 is 11.6 Å². The second kappa shape index (κ2) is 8.58. The van der Waals surface area contributed by atoms with Crippen molar-refractivity contribution in [1.29, 1.82) is 0 Å². The molecule has 0 aromatic heterocycles. The molecule has 0 aliphatic heterocycles. The van der Waals surface area contributed by atoms with E-state index < -0.39 is 18.0 Å². The fraction of sp³-hybridized carbons (Fsp3) is 0.263. The molecule has 0 unspecified atom stereocenters. The van der Waals surface area contributed by atoms with E-state index in [4.69, 9.17) is 25.8 Å². The van der Waals surface area contributed by atoms with Gasteiger partial charge in [0.25, 0.3) is 5.91 Å². The molecule has 0 spiro atoms. The van der Waals surface area contributed by atoms with Gasteiger partial charge >= 0.3 is 5.97 Å². The summed E-state index contributed by atoms with van der Waals surface area (Å²) in [5, 5.41) is 3.06. The highest BCUT2D eigenvalue weighted by Gasteiger charge is 2.22. The van der Waals surface area contributed by atoms with Gasteiger partial charge in [0.15, 0.2) is 6.10 Å². The number of anilines is 1. The number of benzene rings is 2. The van der Waals surface area contributed by atoms with E-state index >= 15 is 0 Å². The van der Waals surface area contributed by atoms with Gasteiger partial charge in [-0.3, -0.25) is 4.79 Å².